The van der Waals surface area contributed by atoms with Gasteiger partial charge in [0.05, 0.1) is 31.3 Å². The van der Waals surface area contributed by atoms with Crippen molar-refractivity contribution in [3.8, 4) is 5.75 Å². The number of pyridine rings is 1. The standard InChI is InChI=1S/C27H29F2N2O2/c1-3-17-15-31(16-22-23(28)5-4-6-24(22)29)12-10-18(17)13-26(31)27(32)20-9-11-30-25-8-7-19(33-2)14-21(20)25/h3-9,11,14,17-18,26-27,32H,1,10,12-13,15-16H2,2H3/q+1. The molecule has 2 bridgehead atoms. The third-order valence-electron chi connectivity index (χ3n) is 7.88. The number of aliphatic hydroxyl groups excluding tert-OH is 1. The number of piperidine rings is 3. The van der Waals surface area contributed by atoms with E-state index < -0.39 is 17.7 Å². The fraction of sp³-hybridized carbons (Fsp3) is 0.370. The summed E-state index contributed by atoms with van der Waals surface area (Å²) in [7, 11) is 1.61. The summed E-state index contributed by atoms with van der Waals surface area (Å²) in [4.78, 5) is 4.44. The summed E-state index contributed by atoms with van der Waals surface area (Å²) in [5.41, 5.74) is 1.65. The number of aromatic nitrogens is 1. The summed E-state index contributed by atoms with van der Waals surface area (Å²) in [6, 6.07) is 11.3. The maximum atomic E-state index is 14.7. The number of aliphatic hydroxyl groups is 1. The Morgan fingerprint density at radius 2 is 2.03 bits per heavy atom. The van der Waals surface area contributed by atoms with E-state index in [1.807, 2.05) is 30.3 Å². The van der Waals surface area contributed by atoms with Crippen molar-refractivity contribution in [3.63, 3.8) is 0 Å². The smallest absolute Gasteiger partial charge is 0.135 e. The SMILES string of the molecule is C=CC1C[N+]2(Cc3c(F)cccc3F)CCC1CC2C(O)c1ccnc2ccc(OC)cc12. The van der Waals surface area contributed by atoms with Crippen molar-refractivity contribution in [1.29, 1.82) is 0 Å². The van der Waals surface area contributed by atoms with Crippen LogP contribution in [0.15, 0.2) is 61.3 Å². The zero-order valence-corrected chi connectivity index (χ0v) is 18.8. The zero-order valence-electron chi connectivity index (χ0n) is 18.8. The molecule has 5 unspecified atom stereocenters. The molecule has 3 aliphatic rings. The lowest BCUT2D eigenvalue weighted by molar-refractivity contribution is -0.985. The van der Waals surface area contributed by atoms with Crippen molar-refractivity contribution in [3.05, 3.63) is 84.1 Å². The summed E-state index contributed by atoms with van der Waals surface area (Å²) in [5, 5.41) is 12.6. The Kier molecular flexibility index (Phi) is 5.67. The van der Waals surface area contributed by atoms with Gasteiger partial charge in [-0.25, -0.2) is 8.78 Å². The highest BCUT2D eigenvalue weighted by Crippen LogP contribution is 2.48. The topological polar surface area (TPSA) is 42.4 Å². The number of nitrogens with zero attached hydrogens (tertiary/aromatic N) is 2. The van der Waals surface area contributed by atoms with E-state index in [2.05, 4.69) is 11.6 Å². The molecular weight excluding hydrogens is 422 g/mol. The number of benzene rings is 2. The Bertz CT molecular complexity index is 1180. The van der Waals surface area contributed by atoms with Gasteiger partial charge in [-0.05, 0) is 47.9 Å². The van der Waals surface area contributed by atoms with E-state index in [1.54, 1.807) is 13.3 Å². The number of quaternary nitrogens is 1. The van der Waals surface area contributed by atoms with Crippen LogP contribution in [0.3, 0.4) is 0 Å². The average Bonchev–Trinajstić information content (AvgIpc) is 2.85. The van der Waals surface area contributed by atoms with Crippen molar-refractivity contribution in [1.82, 2.24) is 4.98 Å². The van der Waals surface area contributed by atoms with Gasteiger partial charge in [0.25, 0.3) is 0 Å². The van der Waals surface area contributed by atoms with Gasteiger partial charge in [-0.1, -0.05) is 12.1 Å². The highest BCUT2D eigenvalue weighted by atomic mass is 19.1. The fourth-order valence-electron chi connectivity index (χ4n) is 6.12. The van der Waals surface area contributed by atoms with Gasteiger partial charge in [0.15, 0.2) is 0 Å². The summed E-state index contributed by atoms with van der Waals surface area (Å²) < 4.78 is 35.2. The largest absolute Gasteiger partial charge is 0.497 e. The van der Waals surface area contributed by atoms with Gasteiger partial charge in [-0.3, -0.25) is 4.98 Å². The molecule has 0 spiro atoms. The molecule has 0 aliphatic carbocycles. The third-order valence-corrected chi connectivity index (χ3v) is 7.88. The molecular formula is C27H29F2N2O2+. The van der Waals surface area contributed by atoms with Crippen LogP contribution in [-0.2, 0) is 6.54 Å². The Hall–Kier alpha value is -2.83. The molecule has 0 radical (unpaired) electrons. The van der Waals surface area contributed by atoms with Crippen molar-refractivity contribution in [2.75, 3.05) is 20.2 Å². The van der Waals surface area contributed by atoms with E-state index in [-0.39, 0.29) is 24.1 Å². The van der Waals surface area contributed by atoms with Gasteiger partial charge in [0.1, 0.15) is 36.1 Å². The first-order valence-electron chi connectivity index (χ1n) is 11.5. The van der Waals surface area contributed by atoms with Crippen LogP contribution in [0.2, 0.25) is 0 Å². The molecule has 3 aliphatic heterocycles. The summed E-state index contributed by atoms with van der Waals surface area (Å²) in [6.07, 6.45) is 4.62. The quantitative estimate of drug-likeness (QED) is 0.416. The number of hydrogen-bond donors (Lipinski definition) is 1. The van der Waals surface area contributed by atoms with E-state index >= 15 is 0 Å². The van der Waals surface area contributed by atoms with Crippen molar-refractivity contribution in [2.24, 2.45) is 11.8 Å². The summed E-state index contributed by atoms with van der Waals surface area (Å²) >= 11 is 0. The minimum atomic E-state index is -0.800. The minimum Gasteiger partial charge on any atom is -0.497 e. The lowest BCUT2D eigenvalue weighted by Crippen LogP contribution is -2.67. The molecule has 0 amide bonds. The Balaban J connectivity index is 1.59. The molecule has 3 fully saturated rings. The summed E-state index contributed by atoms with van der Waals surface area (Å²) in [6.45, 7) is 5.73. The minimum absolute atomic E-state index is 0.0964. The van der Waals surface area contributed by atoms with Crippen molar-refractivity contribution < 1.29 is 23.1 Å². The molecule has 2 aromatic carbocycles. The molecule has 6 rings (SSSR count). The second kappa shape index (κ2) is 8.50. The lowest BCUT2D eigenvalue weighted by atomic mass is 9.71. The van der Waals surface area contributed by atoms with E-state index in [4.69, 9.17) is 4.74 Å². The Labute approximate surface area is 192 Å². The molecule has 4 nitrogen and oxygen atoms in total. The van der Waals surface area contributed by atoms with Crippen LogP contribution in [0.5, 0.6) is 5.75 Å². The van der Waals surface area contributed by atoms with Crippen molar-refractivity contribution in [2.45, 2.75) is 31.5 Å². The monoisotopic (exact) mass is 451 g/mol. The molecule has 4 heterocycles. The molecule has 3 aromatic rings. The van der Waals surface area contributed by atoms with Crippen molar-refractivity contribution >= 4 is 10.9 Å². The van der Waals surface area contributed by atoms with Gasteiger partial charge < -0.3 is 14.3 Å². The van der Waals surface area contributed by atoms with Crippen LogP contribution in [0.1, 0.15) is 30.1 Å². The van der Waals surface area contributed by atoms with Crippen LogP contribution in [-0.4, -0.2) is 40.8 Å². The van der Waals surface area contributed by atoms with Crippen LogP contribution in [0.4, 0.5) is 8.78 Å². The number of methoxy groups -OCH3 is 1. The van der Waals surface area contributed by atoms with E-state index in [0.29, 0.717) is 16.2 Å². The fourth-order valence-corrected chi connectivity index (χ4v) is 6.12. The molecule has 3 saturated heterocycles. The number of halogens is 2. The van der Waals surface area contributed by atoms with Crippen LogP contribution in [0.25, 0.3) is 10.9 Å². The summed E-state index contributed by atoms with van der Waals surface area (Å²) in [5.74, 6) is 0.315. The number of rotatable bonds is 6. The first-order valence-corrected chi connectivity index (χ1v) is 11.5. The second-order valence-electron chi connectivity index (χ2n) is 9.46. The Morgan fingerprint density at radius 1 is 1.24 bits per heavy atom. The first kappa shape index (κ1) is 22.0. The van der Waals surface area contributed by atoms with Gasteiger partial charge in [-0.15, -0.1) is 6.58 Å². The third kappa shape index (κ3) is 3.71. The molecule has 1 aromatic heterocycles. The maximum Gasteiger partial charge on any atom is 0.135 e. The first-order chi connectivity index (χ1) is 16.0. The number of fused-ring (bicyclic) bond motifs is 4. The zero-order chi connectivity index (χ0) is 23.2. The Morgan fingerprint density at radius 3 is 2.76 bits per heavy atom. The normalized spacial score (nSPS) is 27.5. The van der Waals surface area contributed by atoms with Gasteiger partial charge in [0.2, 0.25) is 0 Å². The highest BCUT2D eigenvalue weighted by Gasteiger charge is 2.54. The molecule has 5 atom stereocenters. The lowest BCUT2D eigenvalue weighted by Gasteiger charge is -2.58. The van der Waals surface area contributed by atoms with Gasteiger partial charge in [0, 0.05) is 30.3 Å². The van der Waals surface area contributed by atoms with Crippen LogP contribution < -0.4 is 4.74 Å². The maximum absolute atomic E-state index is 14.7. The number of hydrogen-bond acceptors (Lipinski definition) is 3. The number of ether oxygens (including phenoxy) is 1. The average molecular weight is 452 g/mol. The van der Waals surface area contributed by atoms with Gasteiger partial charge in [-0.2, -0.15) is 0 Å². The highest BCUT2D eigenvalue weighted by molar-refractivity contribution is 5.83. The second-order valence-corrected chi connectivity index (χ2v) is 9.46. The molecule has 1 N–H and O–H groups in total. The van der Waals surface area contributed by atoms with E-state index in [0.717, 1.165) is 42.4 Å². The predicted molar refractivity (Wildman–Crippen MR) is 124 cm³/mol. The molecule has 0 saturated carbocycles. The van der Waals surface area contributed by atoms with Gasteiger partial charge >= 0.3 is 0 Å². The van der Waals surface area contributed by atoms with E-state index in [1.165, 1.54) is 18.2 Å². The molecule has 172 valence electrons. The molecule has 6 heteroatoms. The predicted octanol–water partition coefficient (Wildman–Crippen LogP) is 5.17. The van der Waals surface area contributed by atoms with Crippen LogP contribution in [0, 0.1) is 23.5 Å². The molecule has 33 heavy (non-hydrogen) atoms. The van der Waals surface area contributed by atoms with E-state index in [9.17, 15) is 13.9 Å². The van der Waals surface area contributed by atoms with Crippen LogP contribution >= 0.6 is 0 Å².